The minimum absolute atomic E-state index is 0.0803. The number of phosphoric ester groups is 1. The van der Waals surface area contributed by atoms with Crippen molar-refractivity contribution in [2.45, 2.75) is 46.1 Å². The molecule has 16 nitrogen and oxygen atoms in total. The van der Waals surface area contributed by atoms with Gasteiger partial charge in [-0.3, -0.25) is 24.2 Å². The maximum absolute atomic E-state index is 13.7. The van der Waals surface area contributed by atoms with Crippen LogP contribution in [0.1, 0.15) is 57.2 Å². The molecule has 252 valence electrons. The number of ether oxygens (including phenoxy) is 2. The van der Waals surface area contributed by atoms with E-state index in [4.69, 9.17) is 19.3 Å². The van der Waals surface area contributed by atoms with E-state index < -0.39 is 32.6 Å². The van der Waals surface area contributed by atoms with Gasteiger partial charge >= 0.3 is 19.9 Å². The zero-order valence-electron chi connectivity index (χ0n) is 26.2. The fraction of sp³-hybridized carbons (Fsp3) is 0.290. The number of hydrogen-bond acceptors (Lipinski definition) is 11. The highest BCUT2D eigenvalue weighted by atomic mass is 31.2. The van der Waals surface area contributed by atoms with E-state index in [0.717, 1.165) is 10.5 Å². The van der Waals surface area contributed by atoms with E-state index in [1.807, 2.05) is 19.9 Å². The number of anilines is 2. The van der Waals surface area contributed by atoms with Gasteiger partial charge in [-0.1, -0.05) is 18.2 Å². The fourth-order valence-corrected chi connectivity index (χ4v) is 5.25. The summed E-state index contributed by atoms with van der Waals surface area (Å²) in [6, 6.07) is 10.3. The molecule has 4 N–H and O–H groups in total. The first-order valence-electron chi connectivity index (χ1n) is 14.8. The molecule has 5 rings (SSSR count). The highest BCUT2D eigenvalue weighted by Gasteiger charge is 2.40. The number of aromatic nitrogens is 3. The Morgan fingerprint density at radius 2 is 1.79 bits per heavy atom. The Morgan fingerprint density at radius 1 is 1.06 bits per heavy atom. The molecule has 0 bridgehead atoms. The van der Waals surface area contributed by atoms with E-state index in [1.165, 1.54) is 41.3 Å². The Kier molecular flexibility index (Phi) is 10.1. The topological polar surface area (TPSA) is 211 Å². The smallest absolute Gasteiger partial charge is 0.428 e. The summed E-state index contributed by atoms with van der Waals surface area (Å²) in [6.45, 7) is 5.16. The van der Waals surface area contributed by atoms with Crippen LogP contribution in [0.5, 0.6) is 5.75 Å². The number of benzene rings is 2. The molecule has 2 aromatic carbocycles. The maximum Gasteiger partial charge on any atom is 0.524 e. The molecule has 0 atom stereocenters. The Hall–Kier alpha value is -5.31. The molecule has 1 fully saturated rings. The average molecular weight is 681 g/mol. The molecular weight excluding hydrogens is 647 g/mol. The number of nitrogens with one attached hydrogen (secondary N) is 2. The monoisotopic (exact) mass is 680 g/mol. The fourth-order valence-electron chi connectivity index (χ4n) is 4.85. The summed E-state index contributed by atoms with van der Waals surface area (Å²) in [5.74, 6) is -1.27. The van der Waals surface area contributed by atoms with Crippen LogP contribution in [-0.2, 0) is 25.3 Å². The van der Waals surface area contributed by atoms with Crippen molar-refractivity contribution in [3.05, 3.63) is 82.8 Å². The van der Waals surface area contributed by atoms with Gasteiger partial charge in [0.2, 0.25) is 6.79 Å². The molecule has 0 spiro atoms. The first kappa shape index (κ1) is 34.0. The quantitative estimate of drug-likeness (QED) is 0.0954. The Morgan fingerprint density at radius 3 is 2.46 bits per heavy atom. The largest absolute Gasteiger partial charge is 0.524 e. The van der Waals surface area contributed by atoms with Crippen LogP contribution in [0.4, 0.5) is 16.3 Å². The number of rotatable bonds is 12. The lowest BCUT2D eigenvalue weighted by molar-refractivity contribution is -0.151. The van der Waals surface area contributed by atoms with Crippen molar-refractivity contribution in [2.75, 3.05) is 18.7 Å². The summed E-state index contributed by atoms with van der Waals surface area (Å²) < 4.78 is 27.1. The van der Waals surface area contributed by atoms with Crippen LogP contribution < -0.4 is 15.2 Å². The minimum atomic E-state index is -4.72. The molecular formula is C31H33N6O10P. The van der Waals surface area contributed by atoms with Gasteiger partial charge in [0.25, 0.3) is 11.8 Å². The number of hydrogen-bond donors (Lipinski definition) is 4. The third kappa shape index (κ3) is 8.15. The molecule has 4 aromatic rings. The second-order valence-corrected chi connectivity index (χ2v) is 12.1. The van der Waals surface area contributed by atoms with Crippen molar-refractivity contribution in [1.29, 1.82) is 0 Å². The Labute approximate surface area is 274 Å². The number of imide groups is 1. The molecule has 0 aliphatic heterocycles. The highest BCUT2D eigenvalue weighted by Crippen LogP contribution is 2.37. The summed E-state index contributed by atoms with van der Waals surface area (Å²) in [4.78, 5) is 74.7. The summed E-state index contributed by atoms with van der Waals surface area (Å²) in [6.07, 6.45) is 2.79. The van der Waals surface area contributed by atoms with Gasteiger partial charge in [-0.25, -0.2) is 23.8 Å². The summed E-state index contributed by atoms with van der Waals surface area (Å²) in [7, 11) is -4.72. The van der Waals surface area contributed by atoms with Crippen LogP contribution in [-0.4, -0.2) is 72.5 Å². The van der Waals surface area contributed by atoms with Crippen molar-refractivity contribution in [3.63, 3.8) is 0 Å². The normalized spacial score (nSPS) is 12.7. The van der Waals surface area contributed by atoms with Gasteiger partial charge < -0.3 is 24.6 Å². The van der Waals surface area contributed by atoms with Gasteiger partial charge in [0.15, 0.2) is 5.82 Å². The number of fused-ring (bicyclic) bond motifs is 1. The second-order valence-electron chi connectivity index (χ2n) is 10.9. The Bertz CT molecular complexity index is 1920. The lowest BCUT2D eigenvalue weighted by Crippen LogP contribution is -2.39. The van der Waals surface area contributed by atoms with Crippen LogP contribution in [0.2, 0.25) is 0 Å². The van der Waals surface area contributed by atoms with Crippen LogP contribution in [0, 0.1) is 13.8 Å². The molecule has 1 aliphatic rings. The maximum atomic E-state index is 13.7. The van der Waals surface area contributed by atoms with Gasteiger partial charge in [0.05, 0.1) is 12.0 Å². The number of aryl methyl sites for hydroxylation is 2. The molecule has 1 aliphatic carbocycles. The lowest BCUT2D eigenvalue weighted by Gasteiger charge is -2.19. The molecule has 1 saturated carbocycles. The number of carbonyl (C=O) groups excluding carboxylic acids is 4. The first-order chi connectivity index (χ1) is 22.8. The van der Waals surface area contributed by atoms with Crippen molar-refractivity contribution in [3.8, 4) is 5.75 Å². The van der Waals surface area contributed by atoms with E-state index in [0.29, 0.717) is 53.1 Å². The summed E-state index contributed by atoms with van der Waals surface area (Å²) in [5.41, 5.74) is 3.60. The van der Waals surface area contributed by atoms with E-state index in [1.54, 1.807) is 19.1 Å². The third-order valence-corrected chi connectivity index (χ3v) is 7.82. The molecule has 0 radical (unpaired) electrons. The van der Waals surface area contributed by atoms with Crippen LogP contribution in [0.3, 0.4) is 0 Å². The highest BCUT2D eigenvalue weighted by molar-refractivity contribution is 7.46. The SMILES string of the molecule is CCNC(=O)c1ccc(C)c(Nc2ncnn3cc(C(=O)N(C(=O)OCOC(=O)Cc4ccc(OP(=O)(O)O)cc4)C4CC4)c(C)c23)c1. The van der Waals surface area contributed by atoms with E-state index >= 15 is 0 Å². The Balaban J connectivity index is 1.26. The number of nitrogens with zero attached hydrogens (tertiary/aromatic N) is 4. The van der Waals surface area contributed by atoms with Crippen molar-refractivity contribution in [1.82, 2.24) is 24.8 Å². The van der Waals surface area contributed by atoms with E-state index in [2.05, 4.69) is 25.2 Å². The number of esters is 1. The third-order valence-electron chi connectivity index (χ3n) is 7.37. The molecule has 48 heavy (non-hydrogen) atoms. The standard InChI is InChI=1S/C31H33N6O10P/c1-4-32-29(39)21-8-5-18(2)25(14-21)35-28-27-19(3)24(15-36(27)34-16-33-28)30(40)37(22-9-10-22)31(41)46-17-45-26(38)13-20-6-11-23(12-7-20)47-48(42,43)44/h5-8,11-12,14-16,22H,4,9-10,13,17H2,1-3H3,(H,32,39)(H,33,34,35)(H2,42,43,44). The zero-order valence-corrected chi connectivity index (χ0v) is 27.1. The predicted octanol–water partition coefficient (Wildman–Crippen LogP) is 3.80. The average Bonchev–Trinajstić information content (AvgIpc) is 3.80. The lowest BCUT2D eigenvalue weighted by atomic mass is 10.1. The van der Waals surface area contributed by atoms with Crippen LogP contribution in [0.25, 0.3) is 5.52 Å². The molecule has 17 heteroatoms. The van der Waals surface area contributed by atoms with Crippen molar-refractivity contribution < 1.29 is 47.5 Å². The molecule has 3 amide bonds. The predicted molar refractivity (Wildman–Crippen MR) is 170 cm³/mol. The van der Waals surface area contributed by atoms with Gasteiger partial charge in [-0.15, -0.1) is 0 Å². The van der Waals surface area contributed by atoms with Gasteiger partial charge in [-0.2, -0.15) is 5.10 Å². The molecule has 2 heterocycles. The van der Waals surface area contributed by atoms with Gasteiger partial charge in [0.1, 0.15) is 17.6 Å². The van der Waals surface area contributed by atoms with E-state index in [-0.39, 0.29) is 29.7 Å². The molecule has 0 unspecified atom stereocenters. The van der Waals surface area contributed by atoms with Crippen molar-refractivity contribution >= 4 is 48.7 Å². The number of amides is 3. The molecule has 0 saturated heterocycles. The zero-order chi connectivity index (χ0) is 34.6. The summed E-state index contributed by atoms with van der Waals surface area (Å²) >= 11 is 0. The second kappa shape index (κ2) is 14.2. The molecule has 2 aromatic heterocycles. The van der Waals surface area contributed by atoms with Gasteiger partial charge in [0, 0.05) is 30.0 Å². The van der Waals surface area contributed by atoms with E-state index in [9.17, 15) is 23.7 Å². The minimum Gasteiger partial charge on any atom is -0.428 e. The van der Waals surface area contributed by atoms with Crippen LogP contribution >= 0.6 is 7.82 Å². The van der Waals surface area contributed by atoms with Crippen molar-refractivity contribution in [2.24, 2.45) is 0 Å². The van der Waals surface area contributed by atoms with Crippen LogP contribution in [0.15, 0.2) is 55.0 Å². The van der Waals surface area contributed by atoms with Gasteiger partial charge in [-0.05, 0) is 74.6 Å². The number of phosphoric acid groups is 1. The number of carbonyl (C=O) groups is 4. The first-order valence-corrected chi connectivity index (χ1v) is 16.4. The summed E-state index contributed by atoms with van der Waals surface area (Å²) in [5, 5.41) is 10.3.